The Labute approximate surface area is 103 Å². The van der Waals surface area contributed by atoms with Gasteiger partial charge in [0.2, 0.25) is 5.13 Å². The average Bonchev–Trinajstić information content (AvgIpc) is 2.79. The van der Waals surface area contributed by atoms with Gasteiger partial charge in [-0.3, -0.25) is 0 Å². The van der Waals surface area contributed by atoms with Crippen molar-refractivity contribution in [1.29, 1.82) is 0 Å². The first-order chi connectivity index (χ1) is 8.25. The summed E-state index contributed by atoms with van der Waals surface area (Å²) in [5.41, 5.74) is 0. The van der Waals surface area contributed by atoms with E-state index >= 15 is 0 Å². The lowest BCUT2D eigenvalue weighted by atomic mass is 9.96. The Morgan fingerprint density at radius 2 is 2.35 bits per heavy atom. The number of piperidine rings is 1. The van der Waals surface area contributed by atoms with Crippen molar-refractivity contribution in [1.82, 2.24) is 15.5 Å². The fourth-order valence-corrected chi connectivity index (χ4v) is 2.57. The van der Waals surface area contributed by atoms with Crippen molar-refractivity contribution in [3.05, 3.63) is 5.01 Å². The van der Waals surface area contributed by atoms with Gasteiger partial charge in [-0.15, -0.1) is 10.2 Å². The lowest BCUT2D eigenvalue weighted by molar-refractivity contribution is 0.150. The Balaban J connectivity index is 1.70. The lowest BCUT2D eigenvalue weighted by Gasteiger charge is -2.22. The van der Waals surface area contributed by atoms with Crippen LogP contribution in [0.2, 0.25) is 0 Å². The Hall–Kier alpha value is -0.820. The highest BCUT2D eigenvalue weighted by molar-refractivity contribution is 7.15. The van der Waals surface area contributed by atoms with Gasteiger partial charge >= 0.3 is 0 Å². The van der Waals surface area contributed by atoms with Crippen molar-refractivity contribution in [3.63, 3.8) is 0 Å². The molecule has 1 fully saturated rings. The summed E-state index contributed by atoms with van der Waals surface area (Å²) >= 11 is 0.929. The number of anilines is 1. The van der Waals surface area contributed by atoms with Crippen LogP contribution in [-0.4, -0.2) is 29.8 Å². The average molecular weight is 262 g/mol. The van der Waals surface area contributed by atoms with Crippen molar-refractivity contribution >= 4 is 16.5 Å². The maximum atomic E-state index is 12.3. The molecule has 17 heavy (non-hydrogen) atoms. The fourth-order valence-electron chi connectivity index (χ4n) is 1.95. The van der Waals surface area contributed by atoms with Crippen molar-refractivity contribution in [2.45, 2.75) is 25.7 Å². The smallest absolute Gasteiger partial charge is 0.291 e. The topological polar surface area (TPSA) is 49.8 Å². The van der Waals surface area contributed by atoms with E-state index in [4.69, 9.17) is 0 Å². The number of alkyl halides is 2. The molecule has 1 saturated heterocycles. The van der Waals surface area contributed by atoms with Crippen LogP contribution in [0.3, 0.4) is 0 Å². The molecule has 1 aliphatic heterocycles. The molecule has 1 aromatic heterocycles. The maximum absolute atomic E-state index is 12.3. The molecule has 7 heteroatoms. The summed E-state index contributed by atoms with van der Waals surface area (Å²) in [6.07, 6.45) is 0.980. The van der Waals surface area contributed by atoms with Crippen LogP contribution in [0.1, 0.15) is 30.7 Å². The monoisotopic (exact) mass is 262 g/mol. The summed E-state index contributed by atoms with van der Waals surface area (Å²) < 4.78 is 24.5. The van der Waals surface area contributed by atoms with E-state index in [1.165, 1.54) is 12.8 Å². The molecule has 4 nitrogen and oxygen atoms in total. The largest absolute Gasteiger partial charge is 0.360 e. The standard InChI is InChI=1S/C10H16F2N4S/c11-8(12)9-15-16-10(17-9)14-5-3-7-2-1-4-13-6-7/h7-8,13H,1-6H2,(H,14,16). The third-order valence-electron chi connectivity index (χ3n) is 2.86. The molecule has 0 amide bonds. The fraction of sp³-hybridized carbons (Fsp3) is 0.800. The van der Waals surface area contributed by atoms with E-state index in [1.807, 2.05) is 0 Å². The molecule has 0 saturated carbocycles. The summed E-state index contributed by atoms with van der Waals surface area (Å²) in [7, 11) is 0. The molecule has 1 aromatic rings. The van der Waals surface area contributed by atoms with Crippen LogP contribution in [0.5, 0.6) is 0 Å². The minimum atomic E-state index is -2.52. The van der Waals surface area contributed by atoms with E-state index in [2.05, 4.69) is 20.8 Å². The molecule has 0 radical (unpaired) electrons. The second kappa shape index (κ2) is 6.20. The predicted molar refractivity (Wildman–Crippen MR) is 63.6 cm³/mol. The Kier molecular flexibility index (Phi) is 4.61. The molecule has 1 aliphatic rings. The highest BCUT2D eigenvalue weighted by Gasteiger charge is 2.15. The van der Waals surface area contributed by atoms with Crippen molar-refractivity contribution in [2.75, 3.05) is 25.0 Å². The number of rotatable bonds is 5. The van der Waals surface area contributed by atoms with E-state index in [0.717, 1.165) is 37.4 Å². The van der Waals surface area contributed by atoms with Crippen LogP contribution in [0, 0.1) is 5.92 Å². The van der Waals surface area contributed by atoms with Gasteiger partial charge in [-0.2, -0.15) is 0 Å². The van der Waals surface area contributed by atoms with E-state index < -0.39 is 6.43 Å². The SMILES string of the molecule is FC(F)c1nnc(NCCC2CCCNC2)s1. The molecule has 0 spiro atoms. The van der Waals surface area contributed by atoms with Crippen molar-refractivity contribution in [2.24, 2.45) is 5.92 Å². The summed E-state index contributed by atoms with van der Waals surface area (Å²) in [5.74, 6) is 0.679. The zero-order valence-electron chi connectivity index (χ0n) is 9.46. The van der Waals surface area contributed by atoms with Crippen LogP contribution >= 0.6 is 11.3 Å². The number of halogens is 2. The van der Waals surface area contributed by atoms with Gasteiger partial charge in [0.25, 0.3) is 6.43 Å². The van der Waals surface area contributed by atoms with Gasteiger partial charge in [-0.1, -0.05) is 11.3 Å². The summed E-state index contributed by atoms with van der Waals surface area (Å²) in [6.45, 7) is 2.93. The summed E-state index contributed by atoms with van der Waals surface area (Å²) in [4.78, 5) is 0. The van der Waals surface area contributed by atoms with Crippen LogP contribution in [-0.2, 0) is 0 Å². The van der Waals surface area contributed by atoms with Crippen molar-refractivity contribution in [3.8, 4) is 0 Å². The molecule has 2 N–H and O–H groups in total. The van der Waals surface area contributed by atoms with Crippen LogP contribution in [0.25, 0.3) is 0 Å². The number of aromatic nitrogens is 2. The zero-order valence-corrected chi connectivity index (χ0v) is 10.3. The minimum Gasteiger partial charge on any atom is -0.360 e. The van der Waals surface area contributed by atoms with Gasteiger partial charge in [0.05, 0.1) is 0 Å². The van der Waals surface area contributed by atoms with E-state index in [1.54, 1.807) is 0 Å². The Bertz CT molecular complexity index is 339. The third-order valence-corrected chi connectivity index (χ3v) is 3.74. The molecule has 0 aromatic carbocycles. The molecule has 2 rings (SSSR count). The molecule has 2 heterocycles. The number of hydrogen-bond donors (Lipinski definition) is 2. The highest BCUT2D eigenvalue weighted by atomic mass is 32.1. The lowest BCUT2D eigenvalue weighted by Crippen LogP contribution is -2.30. The first-order valence-electron chi connectivity index (χ1n) is 5.82. The van der Waals surface area contributed by atoms with Gasteiger partial charge in [-0.25, -0.2) is 8.78 Å². The number of nitrogens with zero attached hydrogens (tertiary/aromatic N) is 2. The first-order valence-corrected chi connectivity index (χ1v) is 6.63. The van der Waals surface area contributed by atoms with Gasteiger partial charge in [0.15, 0.2) is 5.01 Å². The van der Waals surface area contributed by atoms with Gasteiger partial charge in [0.1, 0.15) is 0 Å². The normalized spacial score (nSPS) is 20.8. The molecular weight excluding hydrogens is 246 g/mol. The minimum absolute atomic E-state index is 0.216. The molecular formula is C10H16F2N4S. The molecule has 0 aliphatic carbocycles. The maximum Gasteiger partial charge on any atom is 0.291 e. The van der Waals surface area contributed by atoms with Crippen LogP contribution < -0.4 is 10.6 Å². The van der Waals surface area contributed by atoms with Gasteiger partial charge < -0.3 is 10.6 Å². The summed E-state index contributed by atoms with van der Waals surface area (Å²) in [5, 5.41) is 13.8. The molecule has 1 atom stereocenters. The predicted octanol–water partition coefficient (Wildman–Crippen LogP) is 2.28. The third kappa shape index (κ3) is 3.85. The summed E-state index contributed by atoms with van der Waals surface area (Å²) in [6, 6.07) is 0. The van der Waals surface area contributed by atoms with E-state index in [9.17, 15) is 8.78 Å². The Morgan fingerprint density at radius 3 is 3.00 bits per heavy atom. The number of nitrogens with one attached hydrogen (secondary N) is 2. The molecule has 0 bridgehead atoms. The number of hydrogen-bond acceptors (Lipinski definition) is 5. The van der Waals surface area contributed by atoms with Crippen LogP contribution in [0.15, 0.2) is 0 Å². The van der Waals surface area contributed by atoms with Gasteiger partial charge in [0, 0.05) is 6.54 Å². The Morgan fingerprint density at radius 1 is 1.47 bits per heavy atom. The first kappa shape index (κ1) is 12.6. The highest BCUT2D eigenvalue weighted by Crippen LogP contribution is 2.25. The van der Waals surface area contributed by atoms with Crippen LogP contribution in [0.4, 0.5) is 13.9 Å². The zero-order chi connectivity index (χ0) is 12.1. The molecule has 1 unspecified atom stereocenters. The molecule has 96 valence electrons. The second-order valence-corrected chi connectivity index (χ2v) is 5.18. The second-order valence-electron chi connectivity index (χ2n) is 4.17. The van der Waals surface area contributed by atoms with E-state index in [-0.39, 0.29) is 5.01 Å². The quantitative estimate of drug-likeness (QED) is 0.854. The van der Waals surface area contributed by atoms with Gasteiger partial charge in [-0.05, 0) is 38.3 Å². The van der Waals surface area contributed by atoms with E-state index in [0.29, 0.717) is 11.0 Å². The van der Waals surface area contributed by atoms with Crippen molar-refractivity contribution < 1.29 is 8.78 Å².